The van der Waals surface area contributed by atoms with E-state index in [1.165, 1.54) is 11.3 Å². The largest absolute Gasteiger partial charge is 0.461 e. The Balaban J connectivity index is 2.34. The molecule has 0 radical (unpaired) electrons. The lowest BCUT2D eigenvalue weighted by atomic mass is 10.0. The fourth-order valence-electron chi connectivity index (χ4n) is 3.15. The minimum atomic E-state index is -0.560. The molecular formula is C19H29BrN2O4S. The first-order valence-corrected chi connectivity index (χ1v) is 11.1. The smallest absolute Gasteiger partial charge is 0.410 e. The second-order valence-corrected chi connectivity index (χ2v) is 10.1. The average Bonchev–Trinajstić information content (AvgIpc) is 2.82. The van der Waals surface area contributed by atoms with E-state index in [1.807, 2.05) is 20.8 Å². The summed E-state index contributed by atoms with van der Waals surface area (Å²) >= 11 is 4.81. The Morgan fingerprint density at radius 3 is 2.59 bits per heavy atom. The van der Waals surface area contributed by atoms with Gasteiger partial charge in [0.05, 0.1) is 12.6 Å². The summed E-state index contributed by atoms with van der Waals surface area (Å²) in [6, 6.07) is -0.194. The number of esters is 1. The van der Waals surface area contributed by atoms with Crippen LogP contribution in [-0.4, -0.2) is 40.7 Å². The van der Waals surface area contributed by atoms with Crippen LogP contribution in [0.3, 0.4) is 0 Å². The van der Waals surface area contributed by atoms with Gasteiger partial charge in [0, 0.05) is 6.54 Å². The molecule has 1 aromatic heterocycles. The quantitative estimate of drug-likeness (QED) is 0.549. The molecule has 0 saturated carbocycles. The molecule has 1 amide bonds. The molecule has 1 aliphatic heterocycles. The molecule has 1 fully saturated rings. The van der Waals surface area contributed by atoms with Crippen molar-refractivity contribution in [3.63, 3.8) is 0 Å². The zero-order valence-corrected chi connectivity index (χ0v) is 19.1. The van der Waals surface area contributed by atoms with Gasteiger partial charge >= 0.3 is 12.1 Å². The standard InChI is InChI=1S/C19H29BrN2O4S/c1-6-12-9-8-10-13(22(11-12)18(24)26-19(3,4)5)16-21-14(15(20)27-16)17(23)25-7-2/h12-13H,6-11H2,1-5H3. The Bertz CT molecular complexity index is 671. The molecule has 1 saturated heterocycles. The maximum Gasteiger partial charge on any atom is 0.410 e. The summed E-state index contributed by atoms with van der Waals surface area (Å²) in [6.45, 7) is 10.5. The van der Waals surface area contributed by atoms with Crippen LogP contribution in [-0.2, 0) is 9.47 Å². The van der Waals surface area contributed by atoms with Gasteiger partial charge in [-0.15, -0.1) is 11.3 Å². The molecule has 27 heavy (non-hydrogen) atoms. The van der Waals surface area contributed by atoms with Crippen molar-refractivity contribution in [1.82, 2.24) is 9.88 Å². The maximum atomic E-state index is 12.9. The first kappa shape index (κ1) is 22.1. The number of ether oxygens (including phenoxy) is 2. The molecule has 6 nitrogen and oxygen atoms in total. The highest BCUT2D eigenvalue weighted by Crippen LogP contribution is 2.38. The topological polar surface area (TPSA) is 68.7 Å². The van der Waals surface area contributed by atoms with Gasteiger partial charge in [0.1, 0.15) is 14.4 Å². The lowest BCUT2D eigenvalue weighted by Gasteiger charge is -2.32. The second-order valence-electron chi connectivity index (χ2n) is 7.75. The Morgan fingerprint density at radius 2 is 2.00 bits per heavy atom. The second kappa shape index (κ2) is 9.37. The molecule has 2 heterocycles. The first-order valence-electron chi connectivity index (χ1n) is 9.49. The van der Waals surface area contributed by atoms with Crippen LogP contribution in [0.25, 0.3) is 0 Å². The van der Waals surface area contributed by atoms with Gasteiger partial charge in [-0.05, 0) is 62.4 Å². The Hall–Kier alpha value is -1.15. The van der Waals surface area contributed by atoms with Gasteiger partial charge in [0.25, 0.3) is 0 Å². The van der Waals surface area contributed by atoms with Gasteiger partial charge in [-0.1, -0.05) is 19.8 Å². The predicted octanol–water partition coefficient (Wildman–Crippen LogP) is 5.57. The molecular weight excluding hydrogens is 432 g/mol. The van der Waals surface area contributed by atoms with E-state index >= 15 is 0 Å². The summed E-state index contributed by atoms with van der Waals surface area (Å²) in [7, 11) is 0. The van der Waals surface area contributed by atoms with Crippen molar-refractivity contribution in [2.75, 3.05) is 13.2 Å². The summed E-state index contributed by atoms with van der Waals surface area (Å²) in [5, 5.41) is 0.743. The number of carbonyl (C=O) groups is 2. The van der Waals surface area contributed by atoms with E-state index in [9.17, 15) is 9.59 Å². The number of aromatic nitrogens is 1. The van der Waals surface area contributed by atoms with Crippen LogP contribution < -0.4 is 0 Å². The van der Waals surface area contributed by atoms with Crippen LogP contribution in [0, 0.1) is 5.92 Å². The van der Waals surface area contributed by atoms with Crippen molar-refractivity contribution in [1.29, 1.82) is 0 Å². The minimum Gasteiger partial charge on any atom is -0.461 e. The molecule has 1 aromatic rings. The fourth-order valence-corrected chi connectivity index (χ4v) is 4.83. The van der Waals surface area contributed by atoms with Crippen molar-refractivity contribution in [2.45, 2.75) is 71.9 Å². The molecule has 0 aromatic carbocycles. The number of rotatable bonds is 4. The zero-order chi connectivity index (χ0) is 20.2. The SMILES string of the molecule is CCOC(=O)c1nc(C2CCCC(CC)CN2C(=O)OC(C)(C)C)sc1Br. The molecule has 152 valence electrons. The summed E-state index contributed by atoms with van der Waals surface area (Å²) in [6.07, 6.45) is 3.58. The molecule has 8 heteroatoms. The van der Waals surface area contributed by atoms with Crippen molar-refractivity contribution in [3.8, 4) is 0 Å². The van der Waals surface area contributed by atoms with Gasteiger partial charge in [-0.25, -0.2) is 14.6 Å². The van der Waals surface area contributed by atoms with Gasteiger partial charge in [0.15, 0.2) is 5.69 Å². The Kier molecular flexibility index (Phi) is 7.68. The number of hydrogen-bond acceptors (Lipinski definition) is 6. The molecule has 0 spiro atoms. The molecule has 0 bridgehead atoms. The maximum absolute atomic E-state index is 12.9. The molecule has 0 N–H and O–H groups in total. The van der Waals surface area contributed by atoms with Crippen molar-refractivity contribution in [3.05, 3.63) is 14.5 Å². The number of amides is 1. The number of nitrogens with zero attached hydrogens (tertiary/aromatic N) is 2. The third-order valence-corrected chi connectivity index (χ3v) is 6.29. The molecule has 2 unspecified atom stereocenters. The predicted molar refractivity (Wildman–Crippen MR) is 109 cm³/mol. The van der Waals surface area contributed by atoms with Crippen molar-refractivity contribution in [2.24, 2.45) is 5.92 Å². The lowest BCUT2D eigenvalue weighted by Crippen LogP contribution is -2.40. The minimum absolute atomic E-state index is 0.194. The molecule has 2 rings (SSSR count). The van der Waals surface area contributed by atoms with Crippen LogP contribution in [0.4, 0.5) is 4.79 Å². The number of hydrogen-bond donors (Lipinski definition) is 0. The van der Waals surface area contributed by atoms with Gasteiger partial charge in [0.2, 0.25) is 0 Å². The Morgan fingerprint density at radius 1 is 1.30 bits per heavy atom. The molecule has 0 aliphatic carbocycles. The van der Waals surface area contributed by atoms with Crippen LogP contribution in [0.5, 0.6) is 0 Å². The van der Waals surface area contributed by atoms with Crippen molar-refractivity contribution < 1.29 is 19.1 Å². The number of carbonyl (C=O) groups excluding carboxylic acids is 2. The fraction of sp³-hybridized carbons (Fsp3) is 0.737. The zero-order valence-electron chi connectivity index (χ0n) is 16.7. The van der Waals surface area contributed by atoms with Crippen LogP contribution >= 0.6 is 27.3 Å². The third-order valence-electron chi connectivity index (χ3n) is 4.48. The van der Waals surface area contributed by atoms with E-state index in [2.05, 4.69) is 27.8 Å². The highest BCUT2D eigenvalue weighted by molar-refractivity contribution is 9.11. The monoisotopic (exact) mass is 460 g/mol. The average molecular weight is 461 g/mol. The number of thiazole rings is 1. The summed E-state index contributed by atoms with van der Waals surface area (Å²) in [5.41, 5.74) is -0.285. The van der Waals surface area contributed by atoms with Gasteiger partial charge < -0.3 is 9.47 Å². The van der Waals surface area contributed by atoms with Gasteiger partial charge in [-0.2, -0.15) is 0 Å². The van der Waals surface area contributed by atoms with Crippen LogP contribution in [0.2, 0.25) is 0 Å². The first-order chi connectivity index (χ1) is 12.7. The summed E-state index contributed by atoms with van der Waals surface area (Å²) in [4.78, 5) is 31.4. The number of likely N-dealkylation sites (tertiary alicyclic amines) is 1. The van der Waals surface area contributed by atoms with Crippen LogP contribution in [0.1, 0.15) is 81.8 Å². The summed E-state index contributed by atoms with van der Waals surface area (Å²) < 4.78 is 11.4. The Labute approximate surface area is 173 Å². The van der Waals surface area contributed by atoms with E-state index in [0.29, 0.717) is 22.9 Å². The van der Waals surface area contributed by atoms with Crippen LogP contribution in [0.15, 0.2) is 3.79 Å². The molecule has 1 aliphatic rings. The highest BCUT2D eigenvalue weighted by Gasteiger charge is 2.35. The normalized spacial score (nSPS) is 20.9. The third kappa shape index (κ3) is 5.91. The van der Waals surface area contributed by atoms with E-state index in [1.54, 1.807) is 11.8 Å². The van der Waals surface area contributed by atoms with Crippen molar-refractivity contribution >= 4 is 39.3 Å². The summed E-state index contributed by atoms with van der Waals surface area (Å²) in [5.74, 6) is -0.00815. The van der Waals surface area contributed by atoms with E-state index < -0.39 is 11.6 Å². The lowest BCUT2D eigenvalue weighted by molar-refractivity contribution is 0.0135. The number of halogens is 1. The van der Waals surface area contributed by atoms with E-state index in [-0.39, 0.29) is 17.8 Å². The molecule has 2 atom stereocenters. The highest BCUT2D eigenvalue weighted by atomic mass is 79.9. The van der Waals surface area contributed by atoms with Gasteiger partial charge in [-0.3, -0.25) is 4.90 Å². The van der Waals surface area contributed by atoms with E-state index in [0.717, 1.165) is 30.7 Å². The van der Waals surface area contributed by atoms with E-state index in [4.69, 9.17) is 9.47 Å².